The SMILES string of the molecule is Cc1ccc(C)c(Cc2csc(N3CCC(S(=O)(=O)c4ccc([N+](=O)[O-])cc4)CC3)n2)c1. The average Bonchev–Trinajstić information content (AvgIpc) is 3.25. The molecule has 0 spiro atoms. The smallest absolute Gasteiger partial charge is 0.269 e. The zero-order chi connectivity index (χ0) is 22.9. The summed E-state index contributed by atoms with van der Waals surface area (Å²) in [7, 11) is -3.52. The summed E-state index contributed by atoms with van der Waals surface area (Å²) in [5, 5.41) is 13.3. The van der Waals surface area contributed by atoms with Crippen LogP contribution in [0.2, 0.25) is 0 Å². The largest absolute Gasteiger partial charge is 0.348 e. The summed E-state index contributed by atoms with van der Waals surface area (Å²) >= 11 is 1.60. The number of nitrogens with zero attached hydrogens (tertiary/aromatic N) is 3. The predicted molar refractivity (Wildman–Crippen MR) is 126 cm³/mol. The van der Waals surface area contributed by atoms with Gasteiger partial charge in [0, 0.05) is 37.0 Å². The molecule has 7 nitrogen and oxygen atoms in total. The highest BCUT2D eigenvalue weighted by molar-refractivity contribution is 7.92. The maximum atomic E-state index is 13.0. The van der Waals surface area contributed by atoms with Crippen LogP contribution in [0.15, 0.2) is 52.7 Å². The van der Waals surface area contributed by atoms with Crippen LogP contribution in [-0.4, -0.2) is 36.7 Å². The van der Waals surface area contributed by atoms with Crippen molar-refractivity contribution in [2.24, 2.45) is 0 Å². The number of nitro benzene ring substituents is 1. The Morgan fingerprint density at radius 2 is 1.81 bits per heavy atom. The second kappa shape index (κ2) is 8.99. The number of aromatic nitrogens is 1. The van der Waals surface area contributed by atoms with Crippen LogP contribution in [0.3, 0.4) is 0 Å². The van der Waals surface area contributed by atoms with Gasteiger partial charge in [-0.25, -0.2) is 13.4 Å². The highest BCUT2D eigenvalue weighted by Crippen LogP contribution is 2.30. The molecular weight excluding hydrogens is 446 g/mol. The molecule has 2 aromatic carbocycles. The third-order valence-electron chi connectivity index (χ3n) is 5.94. The molecule has 4 rings (SSSR count). The first-order valence-corrected chi connectivity index (χ1v) is 12.9. The number of hydrogen-bond donors (Lipinski definition) is 0. The van der Waals surface area contributed by atoms with Crippen LogP contribution in [-0.2, 0) is 16.3 Å². The lowest BCUT2D eigenvalue weighted by Gasteiger charge is -2.31. The Balaban J connectivity index is 1.40. The molecule has 1 aromatic heterocycles. The van der Waals surface area contributed by atoms with Crippen molar-refractivity contribution >= 4 is 32.0 Å². The molecule has 0 bridgehead atoms. The molecule has 0 aliphatic carbocycles. The molecule has 0 N–H and O–H groups in total. The summed E-state index contributed by atoms with van der Waals surface area (Å²) in [6.07, 6.45) is 1.80. The van der Waals surface area contributed by atoms with Crippen molar-refractivity contribution in [1.29, 1.82) is 0 Å². The zero-order valence-electron chi connectivity index (χ0n) is 18.0. The molecule has 3 aromatic rings. The van der Waals surface area contributed by atoms with Crippen molar-refractivity contribution in [1.82, 2.24) is 4.98 Å². The van der Waals surface area contributed by atoms with E-state index in [1.54, 1.807) is 11.3 Å². The molecular formula is C23H25N3O4S2. The molecule has 9 heteroatoms. The van der Waals surface area contributed by atoms with E-state index in [1.807, 2.05) is 0 Å². The van der Waals surface area contributed by atoms with Crippen molar-refractivity contribution in [3.8, 4) is 0 Å². The van der Waals surface area contributed by atoms with Gasteiger partial charge < -0.3 is 4.90 Å². The first kappa shape index (κ1) is 22.4. The van der Waals surface area contributed by atoms with Crippen LogP contribution >= 0.6 is 11.3 Å². The Bertz CT molecular complexity index is 1230. The molecule has 32 heavy (non-hydrogen) atoms. The second-order valence-corrected chi connectivity index (χ2v) is 11.3. The van der Waals surface area contributed by atoms with E-state index in [1.165, 1.54) is 41.0 Å². The van der Waals surface area contributed by atoms with Gasteiger partial charge in [0.25, 0.3) is 5.69 Å². The molecule has 0 saturated carbocycles. The molecule has 1 aliphatic heterocycles. The quantitative estimate of drug-likeness (QED) is 0.382. The van der Waals surface area contributed by atoms with E-state index in [4.69, 9.17) is 4.98 Å². The number of sulfone groups is 1. The summed E-state index contributed by atoms with van der Waals surface area (Å²) in [6, 6.07) is 11.6. The molecule has 1 aliphatic rings. The fourth-order valence-electron chi connectivity index (χ4n) is 4.02. The molecule has 0 atom stereocenters. The topological polar surface area (TPSA) is 93.4 Å². The highest BCUT2D eigenvalue weighted by atomic mass is 32.2. The summed E-state index contributed by atoms with van der Waals surface area (Å²) in [5.74, 6) is 0. The van der Waals surface area contributed by atoms with E-state index in [0.29, 0.717) is 25.9 Å². The van der Waals surface area contributed by atoms with Crippen LogP contribution in [0.5, 0.6) is 0 Å². The van der Waals surface area contributed by atoms with Gasteiger partial charge in [-0.15, -0.1) is 11.3 Å². The normalized spacial score (nSPS) is 15.1. The lowest BCUT2D eigenvalue weighted by molar-refractivity contribution is -0.384. The fourth-order valence-corrected chi connectivity index (χ4v) is 6.63. The Hall–Kier alpha value is -2.78. The monoisotopic (exact) mass is 471 g/mol. The van der Waals surface area contributed by atoms with Gasteiger partial charge in [-0.1, -0.05) is 23.8 Å². The Labute approximate surface area is 191 Å². The van der Waals surface area contributed by atoms with Crippen LogP contribution in [0.4, 0.5) is 10.8 Å². The summed E-state index contributed by atoms with van der Waals surface area (Å²) < 4.78 is 26.0. The molecule has 1 saturated heterocycles. The minimum Gasteiger partial charge on any atom is -0.348 e. The van der Waals surface area contributed by atoms with Gasteiger partial charge in [0.05, 0.1) is 20.8 Å². The van der Waals surface area contributed by atoms with Gasteiger partial charge in [0.1, 0.15) is 0 Å². The van der Waals surface area contributed by atoms with Gasteiger partial charge in [-0.2, -0.15) is 0 Å². The van der Waals surface area contributed by atoms with Crippen LogP contribution in [0.25, 0.3) is 0 Å². The number of piperidine rings is 1. The standard InChI is InChI=1S/C23H25N3O4S2/c1-16-3-4-17(2)18(13-16)14-19-15-31-23(24-19)25-11-9-22(10-12-25)32(29,30)21-7-5-20(6-8-21)26(27)28/h3-8,13,15,22H,9-12,14H2,1-2H3. The van der Waals surface area contributed by atoms with Crippen molar-refractivity contribution in [2.75, 3.05) is 18.0 Å². The predicted octanol–water partition coefficient (Wildman–Crippen LogP) is 4.70. The summed E-state index contributed by atoms with van der Waals surface area (Å²) in [5.41, 5.74) is 4.67. The van der Waals surface area contributed by atoms with Crippen molar-refractivity contribution in [3.05, 3.63) is 80.3 Å². The molecule has 0 radical (unpaired) electrons. The maximum absolute atomic E-state index is 13.0. The van der Waals surface area contributed by atoms with E-state index < -0.39 is 20.0 Å². The maximum Gasteiger partial charge on any atom is 0.269 e. The van der Waals surface area contributed by atoms with Gasteiger partial charge >= 0.3 is 0 Å². The Morgan fingerprint density at radius 1 is 1.12 bits per heavy atom. The van der Waals surface area contributed by atoms with Gasteiger partial charge in [-0.05, 0) is 49.9 Å². The van der Waals surface area contributed by atoms with Crippen molar-refractivity contribution < 1.29 is 13.3 Å². The first-order valence-electron chi connectivity index (χ1n) is 10.5. The number of hydrogen-bond acceptors (Lipinski definition) is 7. The molecule has 2 heterocycles. The minimum atomic E-state index is -3.52. The third kappa shape index (κ3) is 4.68. The molecule has 0 amide bonds. The fraction of sp³-hybridized carbons (Fsp3) is 0.348. The van der Waals surface area contributed by atoms with Crippen LogP contribution < -0.4 is 4.90 Å². The number of thiazole rings is 1. The van der Waals surface area contributed by atoms with Crippen LogP contribution in [0.1, 0.15) is 35.2 Å². The summed E-state index contributed by atoms with van der Waals surface area (Å²) in [4.78, 5) is 17.4. The summed E-state index contributed by atoms with van der Waals surface area (Å²) in [6.45, 7) is 5.43. The van der Waals surface area contributed by atoms with E-state index in [2.05, 4.69) is 42.3 Å². The second-order valence-electron chi connectivity index (χ2n) is 8.21. The van der Waals surface area contributed by atoms with E-state index >= 15 is 0 Å². The lowest BCUT2D eigenvalue weighted by Crippen LogP contribution is -2.39. The van der Waals surface area contributed by atoms with Gasteiger partial charge in [0.2, 0.25) is 0 Å². The Morgan fingerprint density at radius 3 is 2.47 bits per heavy atom. The molecule has 1 fully saturated rings. The number of aryl methyl sites for hydroxylation is 2. The number of benzene rings is 2. The lowest BCUT2D eigenvalue weighted by atomic mass is 10.0. The zero-order valence-corrected chi connectivity index (χ0v) is 19.7. The molecule has 168 valence electrons. The molecule has 0 unspecified atom stereocenters. The minimum absolute atomic E-state index is 0.112. The third-order valence-corrected chi connectivity index (χ3v) is 9.17. The number of anilines is 1. The first-order chi connectivity index (χ1) is 15.2. The van der Waals surface area contributed by atoms with Gasteiger partial charge in [-0.3, -0.25) is 10.1 Å². The number of rotatable bonds is 6. The number of non-ortho nitro benzene ring substituents is 1. The van der Waals surface area contributed by atoms with E-state index in [9.17, 15) is 18.5 Å². The van der Waals surface area contributed by atoms with Gasteiger partial charge in [0.15, 0.2) is 15.0 Å². The van der Waals surface area contributed by atoms with Crippen molar-refractivity contribution in [3.63, 3.8) is 0 Å². The van der Waals surface area contributed by atoms with Crippen LogP contribution in [0, 0.1) is 24.0 Å². The van der Waals surface area contributed by atoms with E-state index in [0.717, 1.165) is 17.2 Å². The van der Waals surface area contributed by atoms with Crippen molar-refractivity contribution in [2.45, 2.75) is 43.3 Å². The average molecular weight is 472 g/mol. The number of nitro groups is 1. The highest BCUT2D eigenvalue weighted by Gasteiger charge is 2.32. The Kier molecular flexibility index (Phi) is 6.30. The van der Waals surface area contributed by atoms with E-state index in [-0.39, 0.29) is 10.6 Å².